The third-order valence-corrected chi connectivity index (χ3v) is 2.40. The van der Waals surface area contributed by atoms with Gasteiger partial charge in [0.1, 0.15) is 0 Å². The Bertz CT molecular complexity index is 239. The number of hydrogen-bond acceptors (Lipinski definition) is 4. The number of nitrogens with zero attached hydrogens (tertiary/aromatic N) is 1. The van der Waals surface area contributed by atoms with Crippen LogP contribution in [-0.4, -0.2) is 46.1 Å². The summed E-state index contributed by atoms with van der Waals surface area (Å²) in [5, 5.41) is 27.9. The van der Waals surface area contributed by atoms with Crippen LogP contribution < -0.4 is 0 Å². The van der Waals surface area contributed by atoms with Crippen molar-refractivity contribution in [2.24, 2.45) is 0 Å². The molecule has 1 heterocycles. The summed E-state index contributed by atoms with van der Waals surface area (Å²) in [7, 11) is 0. The Kier molecular flexibility index (Phi) is 4.06. The lowest BCUT2D eigenvalue weighted by Crippen LogP contribution is -2.28. The van der Waals surface area contributed by atoms with Gasteiger partial charge in [-0.25, -0.2) is 0 Å². The molecule has 1 aliphatic heterocycles. The van der Waals surface area contributed by atoms with Crippen LogP contribution in [0.15, 0.2) is 11.1 Å². The molecule has 0 aromatic heterocycles. The van der Waals surface area contributed by atoms with E-state index >= 15 is 0 Å². The Balaban J connectivity index is 2.64. The minimum atomic E-state index is -0.923. The van der Waals surface area contributed by atoms with Crippen molar-refractivity contribution in [3.63, 3.8) is 0 Å². The van der Waals surface area contributed by atoms with Crippen molar-refractivity contribution in [2.45, 2.75) is 19.3 Å². The molecule has 0 saturated carbocycles. The monoisotopic (exact) mass is 201 g/mol. The van der Waals surface area contributed by atoms with E-state index in [2.05, 4.69) is 0 Å². The van der Waals surface area contributed by atoms with E-state index in [0.717, 1.165) is 5.57 Å². The fourth-order valence-corrected chi connectivity index (χ4v) is 1.59. The molecule has 0 radical (unpaired) electrons. The molecular weight excluding hydrogens is 186 g/mol. The highest BCUT2D eigenvalue weighted by molar-refractivity contribution is 5.70. The van der Waals surface area contributed by atoms with Gasteiger partial charge in [0, 0.05) is 13.1 Å². The minimum absolute atomic E-state index is 0.0999. The van der Waals surface area contributed by atoms with Crippen molar-refractivity contribution in [2.75, 3.05) is 19.7 Å². The Labute approximate surface area is 82.2 Å². The molecule has 5 heteroatoms. The zero-order valence-electron chi connectivity index (χ0n) is 7.94. The number of carboxylic acid groups (broad SMARTS) is 1. The van der Waals surface area contributed by atoms with Gasteiger partial charge in [-0.2, -0.15) is 5.06 Å². The van der Waals surface area contributed by atoms with Gasteiger partial charge in [-0.1, -0.05) is 5.57 Å². The van der Waals surface area contributed by atoms with Crippen LogP contribution in [0.4, 0.5) is 0 Å². The molecule has 0 aromatic rings. The van der Waals surface area contributed by atoms with Crippen LogP contribution in [0, 0.1) is 0 Å². The summed E-state index contributed by atoms with van der Waals surface area (Å²) in [6.45, 7) is 0.823. The molecule has 3 N–H and O–H groups in total. The van der Waals surface area contributed by atoms with Gasteiger partial charge in [0.25, 0.3) is 0 Å². The minimum Gasteiger partial charge on any atom is -0.481 e. The number of piperidine rings is 1. The number of hydroxylamine groups is 2. The van der Waals surface area contributed by atoms with E-state index in [0.29, 0.717) is 31.5 Å². The Morgan fingerprint density at radius 1 is 1.36 bits per heavy atom. The quantitative estimate of drug-likeness (QED) is 0.570. The van der Waals surface area contributed by atoms with Crippen LogP contribution in [0.2, 0.25) is 0 Å². The third-order valence-electron chi connectivity index (χ3n) is 2.40. The Morgan fingerprint density at radius 3 is 2.36 bits per heavy atom. The van der Waals surface area contributed by atoms with Crippen LogP contribution in [-0.2, 0) is 4.79 Å². The van der Waals surface area contributed by atoms with Gasteiger partial charge >= 0.3 is 5.97 Å². The molecule has 0 unspecified atom stereocenters. The second-order valence-electron chi connectivity index (χ2n) is 3.39. The molecule has 1 fully saturated rings. The molecule has 0 amide bonds. The molecule has 0 aromatic carbocycles. The van der Waals surface area contributed by atoms with Crippen molar-refractivity contribution in [1.82, 2.24) is 5.06 Å². The summed E-state index contributed by atoms with van der Waals surface area (Å²) >= 11 is 0. The van der Waals surface area contributed by atoms with E-state index in [1.54, 1.807) is 0 Å². The topological polar surface area (TPSA) is 81.0 Å². The van der Waals surface area contributed by atoms with Crippen molar-refractivity contribution in [3.8, 4) is 0 Å². The number of hydrogen-bond donors (Lipinski definition) is 3. The molecule has 0 aliphatic carbocycles. The summed E-state index contributed by atoms with van der Waals surface area (Å²) in [6, 6.07) is 0. The molecule has 1 rings (SSSR count). The Morgan fingerprint density at radius 2 is 1.93 bits per heavy atom. The first-order valence-corrected chi connectivity index (χ1v) is 4.59. The zero-order chi connectivity index (χ0) is 10.6. The predicted octanol–water partition coefficient (Wildman–Crippen LogP) is 0.235. The molecule has 80 valence electrons. The lowest BCUT2D eigenvalue weighted by Gasteiger charge is -2.24. The van der Waals surface area contributed by atoms with Crippen LogP contribution in [0.3, 0.4) is 0 Å². The average Bonchev–Trinajstić information content (AvgIpc) is 2.15. The largest absolute Gasteiger partial charge is 0.481 e. The van der Waals surface area contributed by atoms with Crippen molar-refractivity contribution in [1.29, 1.82) is 0 Å². The highest BCUT2D eigenvalue weighted by atomic mass is 16.5. The van der Waals surface area contributed by atoms with Crippen molar-refractivity contribution in [3.05, 3.63) is 11.1 Å². The first-order chi connectivity index (χ1) is 6.63. The first kappa shape index (κ1) is 11.2. The lowest BCUT2D eigenvalue weighted by molar-refractivity contribution is -0.136. The maximum Gasteiger partial charge on any atom is 0.307 e. The van der Waals surface area contributed by atoms with Gasteiger partial charge in [-0.05, 0) is 18.4 Å². The predicted molar refractivity (Wildman–Crippen MR) is 49.0 cm³/mol. The van der Waals surface area contributed by atoms with Crippen molar-refractivity contribution >= 4 is 5.97 Å². The molecule has 1 saturated heterocycles. The number of carboxylic acids is 1. The smallest absolute Gasteiger partial charge is 0.307 e. The number of aliphatic hydroxyl groups is 1. The molecule has 5 nitrogen and oxygen atoms in total. The van der Waals surface area contributed by atoms with E-state index < -0.39 is 5.97 Å². The fourth-order valence-electron chi connectivity index (χ4n) is 1.59. The number of aliphatic hydroxyl groups excluding tert-OH is 1. The van der Waals surface area contributed by atoms with Crippen molar-refractivity contribution < 1.29 is 20.2 Å². The second-order valence-corrected chi connectivity index (χ2v) is 3.39. The van der Waals surface area contributed by atoms with E-state index in [1.165, 1.54) is 5.06 Å². The van der Waals surface area contributed by atoms with Crippen LogP contribution in [0.5, 0.6) is 0 Å². The van der Waals surface area contributed by atoms with E-state index in [1.807, 2.05) is 0 Å². The summed E-state index contributed by atoms with van der Waals surface area (Å²) in [4.78, 5) is 10.5. The van der Waals surface area contributed by atoms with Crippen LogP contribution in [0.25, 0.3) is 0 Å². The first-order valence-electron chi connectivity index (χ1n) is 4.59. The van der Waals surface area contributed by atoms with Gasteiger partial charge in [-0.3, -0.25) is 4.79 Å². The third kappa shape index (κ3) is 3.10. The van der Waals surface area contributed by atoms with E-state index in [-0.39, 0.29) is 13.0 Å². The fraction of sp³-hybridized carbons (Fsp3) is 0.667. The second kappa shape index (κ2) is 5.09. The van der Waals surface area contributed by atoms with E-state index in [9.17, 15) is 4.79 Å². The standard InChI is InChI=1S/C9H15NO4/c11-6-8(5-9(12)13)7-1-3-10(14)4-2-7/h11,14H,1-6H2,(H,12,13). The zero-order valence-corrected chi connectivity index (χ0v) is 7.94. The maximum atomic E-state index is 10.5. The van der Waals surface area contributed by atoms with Crippen LogP contribution in [0.1, 0.15) is 19.3 Å². The van der Waals surface area contributed by atoms with Gasteiger partial charge in [0.2, 0.25) is 0 Å². The van der Waals surface area contributed by atoms with Gasteiger partial charge in [0.15, 0.2) is 0 Å². The van der Waals surface area contributed by atoms with Gasteiger partial charge in [0.05, 0.1) is 13.0 Å². The lowest BCUT2D eigenvalue weighted by atomic mass is 9.97. The highest BCUT2D eigenvalue weighted by Gasteiger charge is 2.16. The summed E-state index contributed by atoms with van der Waals surface area (Å²) in [5.41, 5.74) is 1.56. The number of carbonyl (C=O) groups is 1. The Hall–Kier alpha value is -0.910. The average molecular weight is 201 g/mol. The number of rotatable bonds is 3. The van der Waals surface area contributed by atoms with E-state index in [4.69, 9.17) is 15.4 Å². The maximum absolute atomic E-state index is 10.5. The summed E-state index contributed by atoms with van der Waals surface area (Å²) < 4.78 is 0. The highest BCUT2D eigenvalue weighted by Crippen LogP contribution is 2.20. The number of aliphatic carboxylic acids is 1. The molecule has 1 aliphatic rings. The normalized spacial score (nSPS) is 18.3. The molecule has 0 bridgehead atoms. The molecule has 0 atom stereocenters. The van der Waals surface area contributed by atoms with Gasteiger partial charge in [-0.15, -0.1) is 0 Å². The molecular formula is C9H15NO4. The molecule has 0 spiro atoms. The SMILES string of the molecule is O=C(O)CC(CO)=C1CCN(O)CC1. The summed E-state index contributed by atoms with van der Waals surface area (Å²) in [5.74, 6) is -0.923. The van der Waals surface area contributed by atoms with Crippen LogP contribution >= 0.6 is 0 Å². The van der Waals surface area contributed by atoms with Gasteiger partial charge < -0.3 is 15.4 Å². The summed E-state index contributed by atoms with van der Waals surface area (Å²) in [6.07, 6.45) is 1.18. The molecule has 14 heavy (non-hydrogen) atoms.